The minimum Gasteiger partial charge on any atom is -0.507 e. The summed E-state index contributed by atoms with van der Waals surface area (Å²) >= 11 is 0. The van der Waals surface area contributed by atoms with E-state index in [0.717, 1.165) is 18.2 Å². The van der Waals surface area contributed by atoms with Gasteiger partial charge < -0.3 is 54.4 Å². The number of benzene rings is 2. The van der Waals surface area contributed by atoms with Crippen molar-refractivity contribution in [1.82, 2.24) is 0 Å². The SMILES string of the molecule is COc1c(-c2cc(O)c(O)c(O)c2)oc2cc(O[C@@H]3OC(C)[C@H](O)[C@H](O)C3O)cc(O)c2c1=O. The molecule has 0 saturated carbocycles. The van der Waals surface area contributed by atoms with Crippen molar-refractivity contribution < 1.29 is 54.4 Å². The van der Waals surface area contributed by atoms with E-state index in [1.54, 1.807) is 0 Å². The van der Waals surface area contributed by atoms with Gasteiger partial charge in [0.15, 0.2) is 23.0 Å². The topological polar surface area (TPSA) is 200 Å². The highest BCUT2D eigenvalue weighted by Crippen LogP contribution is 2.42. The van der Waals surface area contributed by atoms with E-state index in [9.17, 15) is 40.5 Å². The number of methoxy groups -OCH3 is 1. The van der Waals surface area contributed by atoms with Crippen molar-refractivity contribution >= 4 is 11.0 Å². The number of aromatic hydroxyl groups is 4. The van der Waals surface area contributed by atoms with E-state index in [4.69, 9.17) is 18.6 Å². The summed E-state index contributed by atoms with van der Waals surface area (Å²) in [5.41, 5.74) is -0.996. The smallest absolute Gasteiger partial charge is 0.239 e. The van der Waals surface area contributed by atoms with Gasteiger partial charge in [0.1, 0.15) is 40.8 Å². The number of phenolic OH excluding ortho intramolecular Hbond substituents is 4. The van der Waals surface area contributed by atoms with Gasteiger partial charge in [-0.05, 0) is 19.1 Å². The second kappa shape index (κ2) is 8.57. The predicted octanol–water partition coefficient (Wildman–Crippen LogP) is 0.497. The van der Waals surface area contributed by atoms with Crippen LogP contribution in [-0.4, -0.2) is 73.6 Å². The molecule has 1 fully saturated rings. The Bertz CT molecular complexity index is 1280. The molecule has 182 valence electrons. The Morgan fingerprint density at radius 2 is 1.53 bits per heavy atom. The molecule has 0 spiro atoms. The summed E-state index contributed by atoms with van der Waals surface area (Å²) in [6.07, 6.45) is -6.80. The molecule has 1 aromatic heterocycles. The fourth-order valence-electron chi connectivity index (χ4n) is 3.68. The highest BCUT2D eigenvalue weighted by molar-refractivity contribution is 5.88. The van der Waals surface area contributed by atoms with Gasteiger partial charge in [0, 0.05) is 17.7 Å². The van der Waals surface area contributed by atoms with Gasteiger partial charge in [0.25, 0.3) is 0 Å². The van der Waals surface area contributed by atoms with Gasteiger partial charge in [0.2, 0.25) is 17.5 Å². The van der Waals surface area contributed by atoms with E-state index in [2.05, 4.69) is 0 Å². The van der Waals surface area contributed by atoms with Crippen molar-refractivity contribution in [2.45, 2.75) is 37.6 Å². The number of aliphatic hydroxyl groups excluding tert-OH is 3. The van der Waals surface area contributed by atoms with Gasteiger partial charge in [-0.15, -0.1) is 0 Å². The van der Waals surface area contributed by atoms with Crippen molar-refractivity contribution in [1.29, 1.82) is 0 Å². The van der Waals surface area contributed by atoms with Gasteiger partial charge in [0.05, 0.1) is 13.2 Å². The molecule has 2 heterocycles. The molecule has 2 unspecified atom stereocenters. The van der Waals surface area contributed by atoms with Gasteiger partial charge in [-0.1, -0.05) is 0 Å². The minimum atomic E-state index is -1.62. The third kappa shape index (κ3) is 3.82. The molecule has 2 aromatic carbocycles. The standard InChI is InChI=1S/C22H22O12/c1-7-15(26)18(29)19(30)22(32-7)33-9-5-10(23)14-13(6-9)34-20(21(31-2)17(14)28)8-3-11(24)16(27)12(25)4-8/h3-7,15,18-19,22-27,29-30H,1-2H3/t7?,15-,18-,19?,22-/m0/s1. The summed E-state index contributed by atoms with van der Waals surface area (Å²) in [6.45, 7) is 1.47. The first-order valence-electron chi connectivity index (χ1n) is 10.0. The average Bonchev–Trinajstić information content (AvgIpc) is 2.78. The lowest BCUT2D eigenvalue weighted by atomic mass is 10.00. The van der Waals surface area contributed by atoms with Crippen LogP contribution in [0.4, 0.5) is 0 Å². The Kier molecular flexibility index (Phi) is 5.91. The zero-order valence-corrected chi connectivity index (χ0v) is 17.9. The van der Waals surface area contributed by atoms with Gasteiger partial charge in [-0.25, -0.2) is 0 Å². The van der Waals surface area contributed by atoms with Crippen LogP contribution in [0.3, 0.4) is 0 Å². The normalized spacial score (nSPS) is 24.8. The number of fused-ring (bicyclic) bond motifs is 1. The van der Waals surface area contributed by atoms with Crippen LogP contribution in [0.1, 0.15) is 6.92 Å². The molecule has 3 aromatic rings. The second-order valence-corrected chi connectivity index (χ2v) is 7.77. The highest BCUT2D eigenvalue weighted by Gasteiger charge is 2.43. The summed E-state index contributed by atoms with van der Waals surface area (Å²) < 4.78 is 21.8. The first kappa shape index (κ1) is 23.4. The highest BCUT2D eigenvalue weighted by atomic mass is 16.7. The summed E-state index contributed by atoms with van der Waals surface area (Å²) in [7, 11) is 1.18. The van der Waals surface area contributed by atoms with Crippen LogP contribution in [0, 0.1) is 0 Å². The molecule has 1 aliphatic heterocycles. The summed E-state index contributed by atoms with van der Waals surface area (Å²) in [6, 6.07) is 4.33. The monoisotopic (exact) mass is 478 g/mol. The number of aliphatic hydroxyl groups is 3. The first-order valence-corrected chi connectivity index (χ1v) is 10.0. The Labute approximate surface area is 191 Å². The maximum atomic E-state index is 13.0. The van der Waals surface area contributed by atoms with E-state index < -0.39 is 59.1 Å². The lowest BCUT2D eigenvalue weighted by Gasteiger charge is -2.38. The summed E-state index contributed by atoms with van der Waals surface area (Å²) in [4.78, 5) is 13.0. The van der Waals surface area contributed by atoms with Crippen LogP contribution in [0.5, 0.6) is 34.5 Å². The molecular weight excluding hydrogens is 456 g/mol. The molecule has 12 nitrogen and oxygen atoms in total. The van der Waals surface area contributed by atoms with Crippen LogP contribution in [-0.2, 0) is 4.74 Å². The molecule has 5 atom stereocenters. The average molecular weight is 478 g/mol. The summed E-state index contributed by atoms with van der Waals surface area (Å²) in [5, 5.41) is 69.4. The molecule has 34 heavy (non-hydrogen) atoms. The van der Waals surface area contributed by atoms with Crippen LogP contribution in [0.15, 0.2) is 33.5 Å². The Hall–Kier alpha value is -3.71. The lowest BCUT2D eigenvalue weighted by molar-refractivity contribution is -0.268. The Balaban J connectivity index is 1.82. The molecule has 7 N–H and O–H groups in total. The number of hydrogen-bond donors (Lipinski definition) is 7. The lowest BCUT2D eigenvalue weighted by Crippen LogP contribution is -2.58. The van der Waals surface area contributed by atoms with E-state index in [0.29, 0.717) is 0 Å². The van der Waals surface area contributed by atoms with Crippen LogP contribution >= 0.6 is 0 Å². The second-order valence-electron chi connectivity index (χ2n) is 7.77. The quantitative estimate of drug-likeness (QED) is 0.257. The molecule has 0 radical (unpaired) electrons. The van der Waals surface area contributed by atoms with Crippen molar-refractivity contribution in [2.24, 2.45) is 0 Å². The number of ether oxygens (including phenoxy) is 3. The van der Waals surface area contributed by atoms with Gasteiger partial charge >= 0.3 is 0 Å². The van der Waals surface area contributed by atoms with Crippen LogP contribution in [0.2, 0.25) is 0 Å². The van der Waals surface area contributed by atoms with E-state index >= 15 is 0 Å². The van der Waals surface area contributed by atoms with Crippen LogP contribution in [0.25, 0.3) is 22.3 Å². The number of rotatable bonds is 4. The molecule has 12 heteroatoms. The first-order chi connectivity index (χ1) is 16.0. The maximum Gasteiger partial charge on any atom is 0.239 e. The molecule has 4 rings (SSSR count). The Morgan fingerprint density at radius 3 is 2.15 bits per heavy atom. The predicted molar refractivity (Wildman–Crippen MR) is 114 cm³/mol. The van der Waals surface area contributed by atoms with Crippen molar-refractivity contribution in [3.8, 4) is 45.8 Å². The number of hydrogen-bond acceptors (Lipinski definition) is 12. The largest absolute Gasteiger partial charge is 0.507 e. The zero-order chi connectivity index (χ0) is 24.9. The Morgan fingerprint density at radius 1 is 0.882 bits per heavy atom. The molecular formula is C22H22O12. The third-order valence-corrected chi connectivity index (χ3v) is 5.50. The van der Waals surface area contributed by atoms with Gasteiger partial charge in [-0.3, -0.25) is 4.79 Å². The molecule has 0 bridgehead atoms. The molecule has 1 aliphatic rings. The zero-order valence-electron chi connectivity index (χ0n) is 17.9. The van der Waals surface area contributed by atoms with Gasteiger partial charge in [-0.2, -0.15) is 0 Å². The minimum absolute atomic E-state index is 0.0218. The maximum absolute atomic E-state index is 13.0. The van der Waals surface area contributed by atoms with Crippen molar-refractivity contribution in [3.05, 3.63) is 34.5 Å². The summed E-state index contributed by atoms with van der Waals surface area (Å²) in [5.74, 6) is -3.38. The van der Waals surface area contributed by atoms with E-state index in [-0.39, 0.29) is 33.8 Å². The van der Waals surface area contributed by atoms with Crippen molar-refractivity contribution in [3.63, 3.8) is 0 Å². The van der Waals surface area contributed by atoms with Crippen LogP contribution < -0.4 is 14.9 Å². The molecule has 1 saturated heterocycles. The fraction of sp³-hybridized carbons (Fsp3) is 0.318. The molecule has 0 amide bonds. The van der Waals surface area contributed by atoms with E-state index in [1.807, 2.05) is 0 Å². The molecule has 0 aliphatic carbocycles. The van der Waals surface area contributed by atoms with E-state index in [1.165, 1.54) is 20.1 Å². The fourth-order valence-corrected chi connectivity index (χ4v) is 3.68. The van der Waals surface area contributed by atoms with Crippen molar-refractivity contribution in [2.75, 3.05) is 7.11 Å². The number of phenols is 4. The third-order valence-electron chi connectivity index (χ3n) is 5.50.